The maximum absolute atomic E-state index is 5.31. The van der Waals surface area contributed by atoms with Crippen molar-refractivity contribution in [2.75, 3.05) is 0 Å². The summed E-state index contributed by atoms with van der Waals surface area (Å²) in [4.78, 5) is 0. The number of rotatable bonds is 1. The molecule has 2 aliphatic rings. The Morgan fingerprint density at radius 2 is 2.36 bits per heavy atom. The number of fused-ring (bicyclic) bond motifs is 2. The lowest BCUT2D eigenvalue weighted by Gasteiger charge is -2.16. The Morgan fingerprint density at radius 1 is 1.50 bits per heavy atom. The quantitative estimate of drug-likeness (QED) is 0.777. The van der Waals surface area contributed by atoms with Gasteiger partial charge in [0, 0.05) is 24.1 Å². The minimum atomic E-state index is 0. The second-order valence-corrected chi connectivity index (χ2v) is 4.26. The van der Waals surface area contributed by atoms with Gasteiger partial charge in [0.25, 0.3) is 0 Å². The standard InChI is InChI=1S/C10H14N2O.ClH/c1-6-4-10(13-12-6)8-5-7-2-3-9(8)11-7;/h4,7-9,11H,2-3,5H2,1H3;1H/t7?,8-,9?;/m0./s1. The van der Waals surface area contributed by atoms with Crippen molar-refractivity contribution in [1.82, 2.24) is 10.5 Å². The van der Waals surface area contributed by atoms with E-state index < -0.39 is 0 Å². The fourth-order valence-electron chi connectivity index (χ4n) is 2.70. The molecule has 3 nitrogen and oxygen atoms in total. The molecule has 3 rings (SSSR count). The molecular weight excluding hydrogens is 200 g/mol. The van der Waals surface area contributed by atoms with Gasteiger partial charge in [0.2, 0.25) is 0 Å². The Kier molecular flexibility index (Phi) is 2.54. The van der Waals surface area contributed by atoms with Crippen LogP contribution in [-0.4, -0.2) is 17.2 Å². The summed E-state index contributed by atoms with van der Waals surface area (Å²) in [5, 5.41) is 7.54. The molecule has 0 aromatic carbocycles. The van der Waals surface area contributed by atoms with Crippen molar-refractivity contribution in [2.24, 2.45) is 0 Å². The predicted octanol–water partition coefficient (Wildman–Crippen LogP) is 2.01. The van der Waals surface area contributed by atoms with Crippen LogP contribution >= 0.6 is 12.4 Å². The van der Waals surface area contributed by atoms with Crippen molar-refractivity contribution in [3.05, 3.63) is 17.5 Å². The molecule has 2 bridgehead atoms. The van der Waals surface area contributed by atoms with Gasteiger partial charge in [0.15, 0.2) is 0 Å². The van der Waals surface area contributed by atoms with Crippen molar-refractivity contribution in [3.8, 4) is 0 Å². The Labute approximate surface area is 89.6 Å². The van der Waals surface area contributed by atoms with E-state index in [1.807, 2.05) is 6.92 Å². The molecular formula is C10H15ClN2O. The lowest BCUT2D eigenvalue weighted by atomic mass is 9.87. The number of nitrogens with zero attached hydrogens (tertiary/aromatic N) is 1. The topological polar surface area (TPSA) is 38.1 Å². The van der Waals surface area contributed by atoms with Gasteiger partial charge >= 0.3 is 0 Å². The van der Waals surface area contributed by atoms with Crippen molar-refractivity contribution < 1.29 is 4.52 Å². The van der Waals surface area contributed by atoms with Crippen LogP contribution in [0.5, 0.6) is 0 Å². The Bertz CT molecular complexity index is 326. The van der Waals surface area contributed by atoms with Crippen molar-refractivity contribution in [3.63, 3.8) is 0 Å². The molecule has 3 atom stereocenters. The molecule has 2 saturated heterocycles. The summed E-state index contributed by atoms with van der Waals surface area (Å²) in [7, 11) is 0. The highest BCUT2D eigenvalue weighted by molar-refractivity contribution is 5.85. The van der Waals surface area contributed by atoms with E-state index in [2.05, 4.69) is 16.5 Å². The van der Waals surface area contributed by atoms with Crippen molar-refractivity contribution >= 4 is 12.4 Å². The van der Waals surface area contributed by atoms with Crippen LogP contribution in [0, 0.1) is 6.92 Å². The van der Waals surface area contributed by atoms with E-state index in [1.165, 1.54) is 19.3 Å². The molecule has 1 aromatic rings. The predicted molar refractivity (Wildman–Crippen MR) is 55.8 cm³/mol. The Hall–Kier alpha value is -0.540. The summed E-state index contributed by atoms with van der Waals surface area (Å²) >= 11 is 0. The van der Waals surface area contributed by atoms with Gasteiger partial charge in [-0.15, -0.1) is 12.4 Å². The maximum atomic E-state index is 5.31. The molecule has 78 valence electrons. The van der Waals surface area contributed by atoms with E-state index >= 15 is 0 Å². The molecule has 3 heterocycles. The minimum absolute atomic E-state index is 0. The van der Waals surface area contributed by atoms with Crippen LogP contribution in [0.3, 0.4) is 0 Å². The van der Waals surface area contributed by atoms with Crippen LogP contribution < -0.4 is 5.32 Å². The van der Waals surface area contributed by atoms with Gasteiger partial charge in [-0.05, 0) is 26.2 Å². The van der Waals surface area contributed by atoms with E-state index in [9.17, 15) is 0 Å². The van der Waals surface area contributed by atoms with Crippen molar-refractivity contribution in [2.45, 2.75) is 44.2 Å². The Morgan fingerprint density at radius 3 is 2.86 bits per heavy atom. The van der Waals surface area contributed by atoms with Gasteiger partial charge in [-0.1, -0.05) is 5.16 Å². The molecule has 0 amide bonds. The minimum Gasteiger partial charge on any atom is -0.361 e. The average molecular weight is 215 g/mol. The third kappa shape index (κ3) is 1.44. The number of halogens is 1. The van der Waals surface area contributed by atoms with Gasteiger partial charge in [-0.2, -0.15) is 0 Å². The molecule has 4 heteroatoms. The van der Waals surface area contributed by atoms with Crippen molar-refractivity contribution in [1.29, 1.82) is 0 Å². The molecule has 14 heavy (non-hydrogen) atoms. The number of aromatic nitrogens is 1. The van der Waals surface area contributed by atoms with E-state index in [0.717, 1.165) is 17.5 Å². The van der Waals surface area contributed by atoms with E-state index in [-0.39, 0.29) is 12.4 Å². The molecule has 1 N–H and O–H groups in total. The molecule has 2 unspecified atom stereocenters. The van der Waals surface area contributed by atoms with Crippen LogP contribution in [0.15, 0.2) is 10.6 Å². The molecule has 2 aliphatic heterocycles. The van der Waals surface area contributed by atoms with Gasteiger partial charge in [0.05, 0.1) is 5.69 Å². The SMILES string of the molecule is Cc1cc([C@H]2CC3CCC2N3)on1.Cl. The monoisotopic (exact) mass is 214 g/mol. The zero-order valence-corrected chi connectivity index (χ0v) is 9.01. The number of nitrogens with one attached hydrogen (secondary N) is 1. The van der Waals surface area contributed by atoms with Crippen LogP contribution in [0.25, 0.3) is 0 Å². The zero-order chi connectivity index (χ0) is 8.84. The summed E-state index contributed by atoms with van der Waals surface area (Å²) < 4.78 is 5.31. The zero-order valence-electron chi connectivity index (χ0n) is 8.19. The second kappa shape index (κ2) is 3.55. The Balaban J connectivity index is 0.000000750. The number of hydrogen-bond donors (Lipinski definition) is 1. The first-order valence-electron chi connectivity index (χ1n) is 5.02. The van der Waals surface area contributed by atoms with Crippen LogP contribution in [0.2, 0.25) is 0 Å². The fourth-order valence-corrected chi connectivity index (χ4v) is 2.70. The van der Waals surface area contributed by atoms with E-state index in [0.29, 0.717) is 12.0 Å². The molecule has 0 aliphatic carbocycles. The smallest absolute Gasteiger partial charge is 0.141 e. The third-order valence-corrected chi connectivity index (χ3v) is 3.31. The molecule has 2 fully saturated rings. The van der Waals surface area contributed by atoms with E-state index in [1.54, 1.807) is 0 Å². The summed E-state index contributed by atoms with van der Waals surface area (Å²) in [5.41, 5.74) is 0.998. The molecule has 0 radical (unpaired) electrons. The van der Waals surface area contributed by atoms with Gasteiger partial charge in [0.1, 0.15) is 5.76 Å². The summed E-state index contributed by atoms with van der Waals surface area (Å²) in [6.45, 7) is 1.98. The highest BCUT2D eigenvalue weighted by Crippen LogP contribution is 2.39. The van der Waals surface area contributed by atoms with Crippen LogP contribution in [0.4, 0.5) is 0 Å². The summed E-state index contributed by atoms with van der Waals surface area (Å²) in [5.74, 6) is 1.66. The number of hydrogen-bond acceptors (Lipinski definition) is 3. The lowest BCUT2D eigenvalue weighted by molar-refractivity contribution is 0.334. The maximum Gasteiger partial charge on any atom is 0.141 e. The normalized spacial score (nSPS) is 34.5. The van der Waals surface area contributed by atoms with Crippen LogP contribution in [0.1, 0.15) is 36.6 Å². The van der Waals surface area contributed by atoms with Crippen LogP contribution in [-0.2, 0) is 0 Å². The first-order valence-corrected chi connectivity index (χ1v) is 5.02. The third-order valence-electron chi connectivity index (χ3n) is 3.31. The molecule has 0 spiro atoms. The lowest BCUT2D eigenvalue weighted by Crippen LogP contribution is -2.21. The number of aryl methyl sites for hydroxylation is 1. The first kappa shape index (κ1) is 9.99. The van der Waals surface area contributed by atoms with Gasteiger partial charge in [-0.25, -0.2) is 0 Å². The highest BCUT2D eigenvalue weighted by Gasteiger charge is 2.41. The second-order valence-electron chi connectivity index (χ2n) is 4.26. The van der Waals surface area contributed by atoms with Gasteiger partial charge < -0.3 is 9.84 Å². The van der Waals surface area contributed by atoms with Gasteiger partial charge in [-0.3, -0.25) is 0 Å². The summed E-state index contributed by atoms with van der Waals surface area (Å²) in [6.07, 6.45) is 3.88. The van der Waals surface area contributed by atoms with E-state index in [4.69, 9.17) is 4.52 Å². The fraction of sp³-hybridized carbons (Fsp3) is 0.700. The summed E-state index contributed by atoms with van der Waals surface area (Å²) in [6, 6.07) is 3.46. The average Bonchev–Trinajstić information content (AvgIpc) is 2.77. The highest BCUT2D eigenvalue weighted by atomic mass is 35.5. The molecule has 1 aromatic heterocycles. The largest absolute Gasteiger partial charge is 0.361 e. The first-order chi connectivity index (χ1) is 6.33. The molecule has 0 saturated carbocycles.